The van der Waals surface area contributed by atoms with E-state index in [9.17, 15) is 4.39 Å². The Morgan fingerprint density at radius 2 is 2.07 bits per heavy atom. The predicted octanol–water partition coefficient (Wildman–Crippen LogP) is 2.26. The lowest BCUT2D eigenvalue weighted by Crippen LogP contribution is -2.34. The van der Waals surface area contributed by atoms with Gasteiger partial charge in [0.1, 0.15) is 6.10 Å². The van der Waals surface area contributed by atoms with Crippen LogP contribution in [-0.4, -0.2) is 19.2 Å². The Hall–Kier alpha value is -1.09. The summed E-state index contributed by atoms with van der Waals surface area (Å²) in [5.41, 5.74) is 1.03. The topological polar surface area (TPSA) is 21.3 Å². The minimum absolute atomic E-state index is 0.155. The van der Waals surface area contributed by atoms with Crippen molar-refractivity contribution >= 4 is 0 Å². The van der Waals surface area contributed by atoms with Crippen molar-refractivity contribution in [3.05, 3.63) is 29.6 Å². The van der Waals surface area contributed by atoms with Crippen molar-refractivity contribution < 1.29 is 9.13 Å². The molecule has 0 aliphatic carbocycles. The molecular formula is C12H16FNO. The van der Waals surface area contributed by atoms with E-state index in [1.165, 1.54) is 6.07 Å². The summed E-state index contributed by atoms with van der Waals surface area (Å²) in [4.78, 5) is 0. The second kappa shape index (κ2) is 4.62. The minimum atomic E-state index is -0.265. The normalized spacial score (nSPS) is 17.7. The van der Waals surface area contributed by atoms with Crippen LogP contribution in [0.15, 0.2) is 18.2 Å². The zero-order valence-corrected chi connectivity index (χ0v) is 8.92. The van der Waals surface area contributed by atoms with Crippen LogP contribution >= 0.6 is 0 Å². The fourth-order valence-electron chi connectivity index (χ4n) is 1.79. The van der Waals surface area contributed by atoms with Crippen molar-refractivity contribution in [3.63, 3.8) is 0 Å². The summed E-state index contributed by atoms with van der Waals surface area (Å²) >= 11 is 0. The van der Waals surface area contributed by atoms with Crippen LogP contribution in [0.5, 0.6) is 5.75 Å². The maximum atomic E-state index is 13.4. The molecule has 1 saturated heterocycles. The number of piperidine rings is 1. The Morgan fingerprint density at radius 3 is 2.80 bits per heavy atom. The van der Waals surface area contributed by atoms with Gasteiger partial charge in [-0.05, 0) is 50.6 Å². The Bertz CT molecular complexity index is 334. The second-order valence-electron chi connectivity index (χ2n) is 4.00. The highest BCUT2D eigenvalue weighted by Gasteiger charge is 2.16. The van der Waals surface area contributed by atoms with E-state index in [2.05, 4.69) is 5.32 Å². The molecular weight excluding hydrogens is 193 g/mol. The monoisotopic (exact) mass is 209 g/mol. The number of rotatable bonds is 2. The molecule has 1 heterocycles. The van der Waals surface area contributed by atoms with E-state index in [0.717, 1.165) is 31.5 Å². The highest BCUT2D eigenvalue weighted by molar-refractivity contribution is 5.29. The average molecular weight is 209 g/mol. The van der Waals surface area contributed by atoms with E-state index in [0.29, 0.717) is 5.75 Å². The first kappa shape index (κ1) is 10.4. The van der Waals surface area contributed by atoms with E-state index in [4.69, 9.17) is 4.74 Å². The third-order valence-electron chi connectivity index (χ3n) is 2.67. The summed E-state index contributed by atoms with van der Waals surface area (Å²) in [6, 6.07) is 4.98. The molecule has 3 heteroatoms. The van der Waals surface area contributed by atoms with Crippen LogP contribution in [0.25, 0.3) is 0 Å². The van der Waals surface area contributed by atoms with Gasteiger partial charge < -0.3 is 10.1 Å². The van der Waals surface area contributed by atoms with E-state index < -0.39 is 0 Å². The van der Waals surface area contributed by atoms with Crippen molar-refractivity contribution in [1.29, 1.82) is 0 Å². The third-order valence-corrected chi connectivity index (χ3v) is 2.67. The van der Waals surface area contributed by atoms with Gasteiger partial charge in [-0.1, -0.05) is 6.07 Å². The number of ether oxygens (including phenoxy) is 1. The zero-order valence-electron chi connectivity index (χ0n) is 8.92. The van der Waals surface area contributed by atoms with Gasteiger partial charge in [0.15, 0.2) is 11.6 Å². The van der Waals surface area contributed by atoms with Crippen LogP contribution in [0.2, 0.25) is 0 Å². The average Bonchev–Trinajstić information content (AvgIpc) is 2.25. The quantitative estimate of drug-likeness (QED) is 0.806. The van der Waals surface area contributed by atoms with Crippen molar-refractivity contribution in [2.75, 3.05) is 13.1 Å². The molecule has 2 nitrogen and oxygen atoms in total. The molecule has 1 aromatic carbocycles. The molecule has 0 bridgehead atoms. The number of nitrogens with one attached hydrogen (secondary N) is 1. The van der Waals surface area contributed by atoms with Gasteiger partial charge in [-0.2, -0.15) is 0 Å². The number of hydrogen-bond acceptors (Lipinski definition) is 2. The summed E-state index contributed by atoms with van der Waals surface area (Å²) in [5.74, 6) is 0.126. The first-order valence-corrected chi connectivity index (χ1v) is 5.39. The molecule has 15 heavy (non-hydrogen) atoms. The van der Waals surface area contributed by atoms with Crippen LogP contribution in [0.1, 0.15) is 18.4 Å². The largest absolute Gasteiger partial charge is 0.487 e. The molecule has 1 aliphatic heterocycles. The van der Waals surface area contributed by atoms with Gasteiger partial charge in [-0.3, -0.25) is 0 Å². The van der Waals surface area contributed by atoms with Crippen molar-refractivity contribution in [3.8, 4) is 5.75 Å². The molecule has 0 radical (unpaired) electrons. The van der Waals surface area contributed by atoms with E-state index >= 15 is 0 Å². The second-order valence-corrected chi connectivity index (χ2v) is 4.00. The lowest BCUT2D eigenvalue weighted by molar-refractivity contribution is 0.156. The minimum Gasteiger partial charge on any atom is -0.487 e. The maximum Gasteiger partial charge on any atom is 0.165 e. The van der Waals surface area contributed by atoms with Gasteiger partial charge in [0, 0.05) is 0 Å². The van der Waals surface area contributed by atoms with Crippen molar-refractivity contribution in [2.24, 2.45) is 0 Å². The Morgan fingerprint density at radius 1 is 1.33 bits per heavy atom. The molecule has 0 amide bonds. The van der Waals surface area contributed by atoms with Gasteiger partial charge in [-0.25, -0.2) is 4.39 Å². The van der Waals surface area contributed by atoms with Crippen molar-refractivity contribution in [1.82, 2.24) is 5.32 Å². The maximum absolute atomic E-state index is 13.4. The summed E-state index contributed by atoms with van der Waals surface area (Å²) in [5, 5.41) is 3.25. The van der Waals surface area contributed by atoms with Gasteiger partial charge in [0.05, 0.1) is 0 Å². The molecule has 0 spiro atoms. The summed E-state index contributed by atoms with van der Waals surface area (Å²) in [6.07, 6.45) is 2.06. The van der Waals surface area contributed by atoms with Crippen LogP contribution in [0, 0.1) is 12.7 Å². The first-order chi connectivity index (χ1) is 7.25. The predicted molar refractivity (Wildman–Crippen MR) is 57.7 cm³/mol. The standard InChI is InChI=1S/C12H16FNO/c1-9-2-3-11(13)12(8-9)15-10-4-6-14-7-5-10/h2-3,8,10,14H,4-7H2,1H3. The van der Waals surface area contributed by atoms with E-state index in [-0.39, 0.29) is 11.9 Å². The molecule has 0 saturated carbocycles. The molecule has 0 unspecified atom stereocenters. The molecule has 0 aromatic heterocycles. The van der Waals surface area contributed by atoms with Crippen LogP contribution in [0.3, 0.4) is 0 Å². The van der Waals surface area contributed by atoms with Crippen LogP contribution < -0.4 is 10.1 Å². The highest BCUT2D eigenvalue weighted by Crippen LogP contribution is 2.21. The molecule has 1 N–H and O–H groups in total. The molecule has 1 aromatic rings. The summed E-state index contributed by atoms with van der Waals surface area (Å²) in [7, 11) is 0. The van der Waals surface area contributed by atoms with Crippen molar-refractivity contribution in [2.45, 2.75) is 25.9 Å². The number of benzene rings is 1. The van der Waals surface area contributed by atoms with Gasteiger partial charge >= 0.3 is 0 Å². The van der Waals surface area contributed by atoms with Gasteiger partial charge in [0.25, 0.3) is 0 Å². The highest BCUT2D eigenvalue weighted by atomic mass is 19.1. The molecule has 2 rings (SSSR count). The summed E-state index contributed by atoms with van der Waals surface area (Å²) in [6.45, 7) is 3.85. The number of hydrogen-bond donors (Lipinski definition) is 1. The van der Waals surface area contributed by atoms with Crippen LogP contribution in [-0.2, 0) is 0 Å². The molecule has 82 valence electrons. The van der Waals surface area contributed by atoms with E-state index in [1.807, 2.05) is 6.92 Å². The zero-order chi connectivity index (χ0) is 10.7. The van der Waals surface area contributed by atoms with Gasteiger partial charge in [-0.15, -0.1) is 0 Å². The SMILES string of the molecule is Cc1ccc(F)c(OC2CCNCC2)c1. The molecule has 1 aliphatic rings. The molecule has 0 atom stereocenters. The Labute approximate surface area is 89.4 Å². The Kier molecular flexibility index (Phi) is 3.21. The molecule has 1 fully saturated rings. The first-order valence-electron chi connectivity index (χ1n) is 5.39. The fourth-order valence-corrected chi connectivity index (χ4v) is 1.79. The smallest absolute Gasteiger partial charge is 0.165 e. The Balaban J connectivity index is 2.05. The lowest BCUT2D eigenvalue weighted by atomic mass is 10.1. The lowest BCUT2D eigenvalue weighted by Gasteiger charge is -2.24. The van der Waals surface area contributed by atoms with Gasteiger partial charge in [0.2, 0.25) is 0 Å². The summed E-state index contributed by atoms with van der Waals surface area (Å²) < 4.78 is 19.0. The number of aryl methyl sites for hydroxylation is 1. The van der Waals surface area contributed by atoms with E-state index in [1.54, 1.807) is 12.1 Å². The van der Waals surface area contributed by atoms with Crippen LogP contribution in [0.4, 0.5) is 4.39 Å². The third kappa shape index (κ3) is 2.69. The fraction of sp³-hybridized carbons (Fsp3) is 0.500. The number of halogens is 1.